The minimum atomic E-state index is -0.0909. The lowest BCUT2D eigenvalue weighted by Crippen LogP contribution is -2.19. The number of ether oxygens (including phenoxy) is 1. The van der Waals surface area contributed by atoms with E-state index in [-0.39, 0.29) is 5.91 Å². The molecule has 1 aliphatic rings. The van der Waals surface area contributed by atoms with E-state index in [2.05, 4.69) is 15.7 Å². The average molecular weight is 300 g/mol. The molecular formula is C16H20N4O2. The quantitative estimate of drug-likeness (QED) is 0.887. The third-order valence-electron chi connectivity index (χ3n) is 3.76. The maximum Gasteiger partial charge on any atom is 0.256 e. The predicted molar refractivity (Wildman–Crippen MR) is 85.3 cm³/mol. The number of benzene rings is 1. The summed E-state index contributed by atoms with van der Waals surface area (Å²) >= 11 is 0. The first-order valence-corrected chi connectivity index (χ1v) is 7.46. The molecular weight excluding hydrogens is 280 g/mol. The highest BCUT2D eigenvalue weighted by Crippen LogP contribution is 2.25. The Kier molecular flexibility index (Phi) is 4.39. The first kappa shape index (κ1) is 14.6. The number of methoxy groups -OCH3 is 1. The van der Waals surface area contributed by atoms with Crippen molar-refractivity contribution in [2.75, 3.05) is 30.9 Å². The molecule has 0 spiro atoms. The van der Waals surface area contributed by atoms with Crippen LogP contribution in [0.2, 0.25) is 0 Å². The van der Waals surface area contributed by atoms with Gasteiger partial charge < -0.3 is 15.4 Å². The Labute approximate surface area is 129 Å². The molecule has 0 saturated heterocycles. The molecule has 0 saturated carbocycles. The first-order chi connectivity index (χ1) is 10.8. The van der Waals surface area contributed by atoms with E-state index in [0.717, 1.165) is 36.2 Å². The smallest absolute Gasteiger partial charge is 0.256 e. The summed E-state index contributed by atoms with van der Waals surface area (Å²) in [4.78, 5) is 12.5. The van der Waals surface area contributed by atoms with Gasteiger partial charge in [-0.25, -0.2) is 0 Å². The van der Waals surface area contributed by atoms with Crippen LogP contribution in [0, 0.1) is 0 Å². The van der Waals surface area contributed by atoms with E-state index < -0.39 is 0 Å². The second-order valence-electron chi connectivity index (χ2n) is 5.30. The van der Waals surface area contributed by atoms with Gasteiger partial charge >= 0.3 is 0 Å². The third kappa shape index (κ3) is 3.12. The molecule has 2 heterocycles. The Morgan fingerprint density at radius 3 is 3.27 bits per heavy atom. The van der Waals surface area contributed by atoms with Gasteiger partial charge in [0.2, 0.25) is 0 Å². The van der Waals surface area contributed by atoms with Gasteiger partial charge in [0.05, 0.1) is 25.0 Å². The van der Waals surface area contributed by atoms with Crippen LogP contribution < -0.4 is 10.6 Å². The number of carbonyl (C=O) groups excluding carboxylic acids is 1. The summed E-state index contributed by atoms with van der Waals surface area (Å²) in [5, 5.41) is 10.5. The van der Waals surface area contributed by atoms with Crippen molar-refractivity contribution in [1.82, 2.24) is 9.78 Å². The number of carbonyl (C=O) groups is 1. The van der Waals surface area contributed by atoms with E-state index in [9.17, 15) is 4.79 Å². The summed E-state index contributed by atoms with van der Waals surface area (Å²) in [5.41, 5.74) is 3.59. The maximum atomic E-state index is 12.5. The second kappa shape index (κ2) is 6.62. The lowest BCUT2D eigenvalue weighted by molar-refractivity contribution is 0.102. The topological polar surface area (TPSA) is 68.2 Å². The molecule has 1 aromatic carbocycles. The lowest BCUT2D eigenvalue weighted by Gasteiger charge is -2.20. The molecule has 0 unspecified atom stereocenters. The summed E-state index contributed by atoms with van der Waals surface area (Å²) in [6.07, 6.45) is 5.44. The third-order valence-corrected chi connectivity index (χ3v) is 3.76. The highest BCUT2D eigenvalue weighted by atomic mass is 16.5. The van der Waals surface area contributed by atoms with E-state index in [1.165, 1.54) is 0 Å². The fraction of sp³-hybridized carbons (Fsp3) is 0.375. The normalized spacial score (nSPS) is 13.3. The van der Waals surface area contributed by atoms with E-state index in [1.54, 1.807) is 18.0 Å². The van der Waals surface area contributed by atoms with E-state index in [4.69, 9.17) is 4.74 Å². The number of rotatable bonds is 5. The molecule has 2 aromatic rings. The van der Waals surface area contributed by atoms with Gasteiger partial charge in [-0.3, -0.25) is 9.48 Å². The summed E-state index contributed by atoms with van der Waals surface area (Å²) < 4.78 is 6.76. The standard InChI is InChI=1S/C16H20N4O2/c1-22-9-8-20-11-12(10-18-20)19-16(21)14-4-2-6-15-13(14)5-3-7-17-15/h2,4,6,10-11,17H,3,5,7-9H2,1H3,(H,19,21). The molecule has 0 aliphatic carbocycles. The van der Waals surface area contributed by atoms with Crippen LogP contribution in [0.15, 0.2) is 30.6 Å². The van der Waals surface area contributed by atoms with Gasteiger partial charge in [0.1, 0.15) is 0 Å². The zero-order valence-corrected chi connectivity index (χ0v) is 12.6. The zero-order chi connectivity index (χ0) is 15.4. The van der Waals surface area contributed by atoms with Gasteiger partial charge in [-0.05, 0) is 30.5 Å². The number of aromatic nitrogens is 2. The van der Waals surface area contributed by atoms with Crippen LogP contribution in [0.25, 0.3) is 0 Å². The number of amides is 1. The summed E-state index contributed by atoms with van der Waals surface area (Å²) in [7, 11) is 1.65. The van der Waals surface area contributed by atoms with Crippen LogP contribution in [-0.2, 0) is 17.7 Å². The van der Waals surface area contributed by atoms with Gasteiger partial charge in [0.25, 0.3) is 5.91 Å². The van der Waals surface area contributed by atoms with E-state index >= 15 is 0 Å². The predicted octanol–water partition coefficient (Wildman–Crippen LogP) is 2.14. The average Bonchev–Trinajstić information content (AvgIpc) is 2.99. The molecule has 22 heavy (non-hydrogen) atoms. The highest BCUT2D eigenvalue weighted by Gasteiger charge is 2.17. The van der Waals surface area contributed by atoms with Crippen molar-refractivity contribution in [1.29, 1.82) is 0 Å². The number of anilines is 2. The van der Waals surface area contributed by atoms with Gasteiger partial charge in [0, 0.05) is 31.1 Å². The van der Waals surface area contributed by atoms with Crippen molar-refractivity contribution >= 4 is 17.3 Å². The molecule has 6 nitrogen and oxygen atoms in total. The van der Waals surface area contributed by atoms with Gasteiger partial charge in [0.15, 0.2) is 0 Å². The van der Waals surface area contributed by atoms with Gasteiger partial charge in [-0.15, -0.1) is 0 Å². The molecule has 116 valence electrons. The summed E-state index contributed by atoms with van der Waals surface area (Å²) in [6, 6.07) is 5.80. The van der Waals surface area contributed by atoms with E-state index in [0.29, 0.717) is 18.8 Å². The Morgan fingerprint density at radius 1 is 1.50 bits per heavy atom. The minimum Gasteiger partial charge on any atom is -0.385 e. The molecule has 3 rings (SSSR count). The Morgan fingerprint density at radius 2 is 2.41 bits per heavy atom. The van der Waals surface area contributed by atoms with Crippen LogP contribution in [0.1, 0.15) is 22.3 Å². The number of nitrogens with one attached hydrogen (secondary N) is 2. The number of hydrogen-bond acceptors (Lipinski definition) is 4. The SMILES string of the molecule is COCCn1cc(NC(=O)c2cccc3c2CCCN3)cn1. The highest BCUT2D eigenvalue weighted by molar-refractivity contribution is 6.06. The van der Waals surface area contributed by atoms with Gasteiger partial charge in [-0.2, -0.15) is 5.10 Å². The minimum absolute atomic E-state index is 0.0909. The fourth-order valence-corrected chi connectivity index (χ4v) is 2.66. The zero-order valence-electron chi connectivity index (χ0n) is 12.6. The molecule has 1 aliphatic heterocycles. The first-order valence-electron chi connectivity index (χ1n) is 7.46. The number of hydrogen-bond donors (Lipinski definition) is 2. The monoisotopic (exact) mass is 300 g/mol. The molecule has 0 fully saturated rings. The molecule has 1 amide bonds. The molecule has 6 heteroatoms. The van der Waals surface area contributed by atoms with Crippen molar-refractivity contribution in [2.45, 2.75) is 19.4 Å². The largest absolute Gasteiger partial charge is 0.385 e. The van der Waals surface area contributed by atoms with Crippen molar-refractivity contribution in [2.24, 2.45) is 0 Å². The van der Waals surface area contributed by atoms with Crippen molar-refractivity contribution in [3.05, 3.63) is 41.7 Å². The van der Waals surface area contributed by atoms with Crippen LogP contribution in [0.4, 0.5) is 11.4 Å². The molecule has 1 aromatic heterocycles. The second-order valence-corrected chi connectivity index (χ2v) is 5.30. The Balaban J connectivity index is 1.73. The van der Waals surface area contributed by atoms with E-state index in [1.807, 2.05) is 24.4 Å². The lowest BCUT2D eigenvalue weighted by atomic mass is 9.97. The van der Waals surface area contributed by atoms with Crippen LogP contribution in [0.3, 0.4) is 0 Å². The molecule has 0 radical (unpaired) electrons. The Hall–Kier alpha value is -2.34. The molecule has 0 atom stereocenters. The molecule has 0 bridgehead atoms. The maximum absolute atomic E-state index is 12.5. The fourth-order valence-electron chi connectivity index (χ4n) is 2.66. The van der Waals surface area contributed by atoms with Crippen LogP contribution >= 0.6 is 0 Å². The summed E-state index contributed by atoms with van der Waals surface area (Å²) in [6.45, 7) is 2.22. The van der Waals surface area contributed by atoms with Crippen molar-refractivity contribution in [3.8, 4) is 0 Å². The number of fused-ring (bicyclic) bond motifs is 1. The van der Waals surface area contributed by atoms with Crippen molar-refractivity contribution < 1.29 is 9.53 Å². The summed E-state index contributed by atoms with van der Waals surface area (Å²) in [5.74, 6) is -0.0909. The molecule has 2 N–H and O–H groups in total. The van der Waals surface area contributed by atoms with Gasteiger partial charge in [-0.1, -0.05) is 6.07 Å². The Bertz CT molecular complexity index is 666. The number of nitrogens with zero attached hydrogens (tertiary/aromatic N) is 2. The van der Waals surface area contributed by atoms with Crippen molar-refractivity contribution in [3.63, 3.8) is 0 Å². The van der Waals surface area contributed by atoms with Crippen LogP contribution in [0.5, 0.6) is 0 Å². The van der Waals surface area contributed by atoms with Crippen LogP contribution in [-0.4, -0.2) is 35.9 Å².